The molecule has 0 amide bonds. The second kappa shape index (κ2) is 66.3. The van der Waals surface area contributed by atoms with Gasteiger partial charge in [0.25, 0.3) is 0 Å². The molecule has 0 spiro atoms. The first-order valence-corrected chi connectivity index (χ1v) is 46.6. The molecule has 0 atom stereocenters. The fourth-order valence-corrected chi connectivity index (χ4v) is 15.0. The van der Waals surface area contributed by atoms with Gasteiger partial charge in [-0.3, -0.25) is 9.97 Å². The van der Waals surface area contributed by atoms with Crippen molar-refractivity contribution in [2.45, 2.75) is 427 Å². The van der Waals surface area contributed by atoms with Crippen molar-refractivity contribution in [2.75, 3.05) is 39.6 Å². The second-order valence-electron chi connectivity index (χ2n) is 32.1. The Morgan fingerprint density at radius 1 is 0.194 bits per heavy atom. The molecule has 0 fully saturated rings. The first-order valence-electron chi connectivity index (χ1n) is 46.6. The van der Waals surface area contributed by atoms with Crippen LogP contribution in [0, 0.1) is 0 Å². The van der Waals surface area contributed by atoms with Crippen LogP contribution in [0.1, 0.15) is 427 Å². The predicted molar refractivity (Wildman–Crippen MR) is 466 cm³/mol. The van der Waals surface area contributed by atoms with E-state index in [-0.39, 0.29) is 0 Å². The number of nitrogens with zero attached hydrogens (tertiary/aromatic N) is 3. The molecule has 0 aliphatic rings. The van der Waals surface area contributed by atoms with Gasteiger partial charge in [-0.15, -0.1) is 0 Å². The minimum atomic E-state index is 0.649. The molecule has 108 heavy (non-hydrogen) atoms. The molecule has 5 rings (SSSR count). The highest BCUT2D eigenvalue weighted by Crippen LogP contribution is 2.45. The highest BCUT2D eigenvalue weighted by Gasteiger charge is 2.21. The van der Waals surface area contributed by atoms with Crippen molar-refractivity contribution in [3.05, 3.63) is 79.1 Å². The quantitative estimate of drug-likeness (QED) is 0.0353. The lowest BCUT2D eigenvalue weighted by atomic mass is 10.0. The number of benzene rings is 2. The topological polar surface area (TPSA) is 94.1 Å². The molecule has 0 saturated heterocycles. The Kier molecular flexibility index (Phi) is 57.3. The van der Waals surface area contributed by atoms with E-state index in [1.165, 1.54) is 347 Å². The van der Waals surface area contributed by atoms with Crippen molar-refractivity contribution in [2.24, 2.45) is 0 Å². The average Bonchev–Trinajstić information content (AvgIpc) is 0.807. The zero-order valence-electron chi connectivity index (χ0n) is 71.0. The molecule has 2 aromatic carbocycles. The molecular formula is C99H163N3O6. The third-order valence-corrected chi connectivity index (χ3v) is 22.0. The van der Waals surface area contributed by atoms with Gasteiger partial charge >= 0.3 is 0 Å². The van der Waals surface area contributed by atoms with Crippen LogP contribution in [0.3, 0.4) is 0 Å². The van der Waals surface area contributed by atoms with Crippen molar-refractivity contribution in [1.82, 2.24) is 15.0 Å². The standard InChI is InChI=1S/C99H163N3O6/c1-7-13-19-25-31-37-43-49-55-61-74-103-94-80-88(81-95(104-75-62-56-50-44-38-32-26-20-14-8-2)98(94)107-78-65-59-53-47-41-35-29-23-17-11-5)86-70-72-90(100-84-86)92-68-67-69-93(102-92)91-73-71-87(85-101-91)89-82-96(105-76-63-57-51-45-39-33-27-21-15-9-3)99(108-79-66-60-54-48-42-36-30-24-18-12-6)97(83-89)106-77-64-58-52-46-40-34-28-22-16-10-4/h67-73,80-85H,7-66,74-79H2,1-6H3. The molecule has 0 saturated carbocycles. The number of hydrogen-bond donors (Lipinski definition) is 0. The summed E-state index contributed by atoms with van der Waals surface area (Å²) in [5.41, 5.74) is 7.20. The zero-order chi connectivity index (χ0) is 76.3. The lowest BCUT2D eigenvalue weighted by molar-refractivity contribution is 0.234. The van der Waals surface area contributed by atoms with Crippen molar-refractivity contribution in [1.29, 1.82) is 0 Å². The Bertz CT molecular complexity index is 2570. The van der Waals surface area contributed by atoms with Crippen molar-refractivity contribution < 1.29 is 28.4 Å². The summed E-state index contributed by atoms with van der Waals surface area (Å²) < 4.78 is 40.9. The first kappa shape index (κ1) is 93.3. The molecule has 0 radical (unpaired) electrons. The summed E-state index contributed by atoms with van der Waals surface area (Å²) >= 11 is 0. The SMILES string of the molecule is CCCCCCCCCCCCOc1cc(-c2ccc(-c3cccc(-c4ccc(-c5cc(OCCCCCCCCCCCC)c(OCCCCCCCCCCCC)c(OCCCCCCCCCCCC)c5)cn4)n3)nc2)cc(OCCCCCCCCCCCC)c1OCCCCCCCCCCCC. The smallest absolute Gasteiger partial charge is 0.203 e. The predicted octanol–water partition coefficient (Wildman–Crippen LogP) is 32.3. The third kappa shape index (κ3) is 44.1. The maximum Gasteiger partial charge on any atom is 0.203 e. The lowest BCUT2D eigenvalue weighted by Gasteiger charge is -2.19. The molecule has 9 nitrogen and oxygen atoms in total. The summed E-state index contributed by atoms with van der Waals surface area (Å²) in [5.74, 6) is 4.59. The van der Waals surface area contributed by atoms with Gasteiger partial charge in [0.15, 0.2) is 23.0 Å². The van der Waals surface area contributed by atoms with Gasteiger partial charge in [-0.25, -0.2) is 4.98 Å². The number of aromatic nitrogens is 3. The minimum absolute atomic E-state index is 0.649. The summed E-state index contributed by atoms with van der Waals surface area (Å²) in [6, 6.07) is 23.4. The van der Waals surface area contributed by atoms with Crippen molar-refractivity contribution in [3.8, 4) is 79.5 Å². The van der Waals surface area contributed by atoms with E-state index in [0.717, 1.165) is 118 Å². The normalized spacial score (nSPS) is 11.5. The van der Waals surface area contributed by atoms with Crippen LogP contribution in [0.2, 0.25) is 0 Å². The number of ether oxygens (including phenoxy) is 6. The maximum absolute atomic E-state index is 6.82. The molecular weight excluding hydrogens is 1330 g/mol. The fourth-order valence-electron chi connectivity index (χ4n) is 15.0. The molecule has 5 aromatic rings. The summed E-state index contributed by atoms with van der Waals surface area (Å²) in [4.78, 5) is 15.5. The largest absolute Gasteiger partial charge is 0.490 e. The molecule has 3 aromatic heterocycles. The average molecular weight is 1490 g/mol. The van der Waals surface area contributed by atoms with Crippen molar-refractivity contribution >= 4 is 0 Å². The van der Waals surface area contributed by atoms with Crippen LogP contribution in [-0.2, 0) is 0 Å². The van der Waals surface area contributed by atoms with Crippen LogP contribution in [0.4, 0.5) is 0 Å². The maximum atomic E-state index is 6.82. The minimum Gasteiger partial charge on any atom is -0.490 e. The van der Waals surface area contributed by atoms with Gasteiger partial charge < -0.3 is 28.4 Å². The van der Waals surface area contributed by atoms with E-state index in [9.17, 15) is 0 Å². The number of unbranched alkanes of at least 4 members (excludes halogenated alkanes) is 54. The van der Waals surface area contributed by atoms with Gasteiger partial charge in [-0.1, -0.05) is 406 Å². The molecule has 0 unspecified atom stereocenters. The molecule has 3 heterocycles. The van der Waals surface area contributed by atoms with Crippen LogP contribution in [0.15, 0.2) is 79.1 Å². The highest BCUT2D eigenvalue weighted by molar-refractivity contribution is 5.74. The summed E-state index contributed by atoms with van der Waals surface area (Å²) in [6.07, 6.45) is 81.1. The van der Waals surface area contributed by atoms with E-state index >= 15 is 0 Å². The van der Waals surface area contributed by atoms with Gasteiger partial charge in [0.2, 0.25) is 11.5 Å². The molecule has 0 aliphatic heterocycles. The molecule has 0 bridgehead atoms. The fraction of sp³-hybridized carbons (Fsp3) is 0.727. The third-order valence-electron chi connectivity index (χ3n) is 22.0. The van der Waals surface area contributed by atoms with E-state index < -0.39 is 0 Å². The van der Waals surface area contributed by atoms with Gasteiger partial charge in [-0.2, -0.15) is 0 Å². The van der Waals surface area contributed by atoms with Crippen LogP contribution in [0.25, 0.3) is 45.0 Å². The second-order valence-corrected chi connectivity index (χ2v) is 32.1. The van der Waals surface area contributed by atoms with Crippen LogP contribution in [-0.4, -0.2) is 54.6 Å². The monoisotopic (exact) mass is 1490 g/mol. The van der Waals surface area contributed by atoms with E-state index in [1.54, 1.807) is 0 Å². The number of pyridine rings is 3. The Morgan fingerprint density at radius 2 is 0.389 bits per heavy atom. The van der Waals surface area contributed by atoms with Gasteiger partial charge in [0, 0.05) is 23.5 Å². The van der Waals surface area contributed by atoms with Gasteiger partial charge in [0.05, 0.1) is 62.4 Å². The van der Waals surface area contributed by atoms with E-state index in [2.05, 4.69) is 96.1 Å². The Morgan fingerprint density at radius 3 is 0.583 bits per heavy atom. The Hall–Kier alpha value is -5.31. The van der Waals surface area contributed by atoms with Crippen LogP contribution < -0.4 is 28.4 Å². The zero-order valence-corrected chi connectivity index (χ0v) is 71.0. The van der Waals surface area contributed by atoms with E-state index in [4.69, 9.17) is 43.4 Å². The summed E-state index contributed by atoms with van der Waals surface area (Å²) in [5, 5.41) is 0. The lowest BCUT2D eigenvalue weighted by Crippen LogP contribution is -2.07. The number of rotatable bonds is 76. The van der Waals surface area contributed by atoms with Crippen molar-refractivity contribution in [3.63, 3.8) is 0 Å². The highest BCUT2D eigenvalue weighted by atomic mass is 16.5. The summed E-state index contributed by atoms with van der Waals surface area (Å²) in [7, 11) is 0. The van der Waals surface area contributed by atoms with Gasteiger partial charge in [0.1, 0.15) is 0 Å². The Balaban J connectivity index is 1.36. The van der Waals surface area contributed by atoms with Crippen LogP contribution >= 0.6 is 0 Å². The summed E-state index contributed by atoms with van der Waals surface area (Å²) in [6.45, 7) is 17.7. The Labute approximate surface area is 664 Å². The molecule has 0 N–H and O–H groups in total. The first-order chi connectivity index (χ1) is 53.5. The molecule has 610 valence electrons. The molecule has 9 heteroatoms. The van der Waals surface area contributed by atoms with Crippen LogP contribution in [0.5, 0.6) is 34.5 Å². The van der Waals surface area contributed by atoms with E-state index in [0.29, 0.717) is 39.6 Å². The molecule has 0 aliphatic carbocycles. The number of hydrogen-bond acceptors (Lipinski definition) is 9. The van der Waals surface area contributed by atoms with E-state index in [1.807, 2.05) is 24.5 Å². The van der Waals surface area contributed by atoms with Gasteiger partial charge in [-0.05, 0) is 98.2 Å².